The van der Waals surface area contributed by atoms with E-state index in [0.29, 0.717) is 12.5 Å². The Balaban J connectivity index is 1.64. The number of hydrogen-bond acceptors (Lipinski definition) is 4. The van der Waals surface area contributed by atoms with Crippen molar-refractivity contribution in [2.75, 3.05) is 13.1 Å². The number of halogens is 3. The number of benzene rings is 1. The van der Waals surface area contributed by atoms with Crippen molar-refractivity contribution in [1.82, 2.24) is 20.0 Å². The predicted molar refractivity (Wildman–Crippen MR) is 137 cm³/mol. The van der Waals surface area contributed by atoms with Crippen LogP contribution in [-0.4, -0.2) is 50.3 Å². The van der Waals surface area contributed by atoms with E-state index in [1.807, 2.05) is 36.5 Å². The largest absolute Gasteiger partial charge is 0.391 e. The van der Waals surface area contributed by atoms with Crippen molar-refractivity contribution >= 4 is 0 Å². The van der Waals surface area contributed by atoms with Gasteiger partial charge in [0.05, 0.1) is 12.1 Å². The van der Waals surface area contributed by atoms with Crippen LogP contribution in [0, 0.1) is 11.8 Å². The van der Waals surface area contributed by atoms with E-state index in [2.05, 4.69) is 60.7 Å². The van der Waals surface area contributed by atoms with E-state index in [0.717, 1.165) is 31.4 Å². The Kier molecular flexibility index (Phi) is 7.82. The topological polar surface area (TPSA) is 32.3 Å². The minimum atomic E-state index is -4.15. The van der Waals surface area contributed by atoms with Crippen LogP contribution in [0.1, 0.15) is 89.9 Å². The standard InChI is InChI=1S/C29H41F3N4/c1-27(2,3)36-16-9-12-22(26(36)23-13-15-33-34-20-23)19-28(4,5)35-17-14-24(29(30,31)32)18-25(35)21-10-7-6-8-11-21/h6-8,10-11,13,15,20,22,24-26H,9,12,14,16-19H2,1-5H3/t22?,24-,25-,26+/m0/s1. The zero-order chi connectivity index (χ0) is 26.1. The molecule has 2 aliphatic heterocycles. The molecular weight excluding hydrogens is 461 g/mol. The quantitative estimate of drug-likeness (QED) is 0.432. The van der Waals surface area contributed by atoms with Crippen molar-refractivity contribution in [1.29, 1.82) is 0 Å². The first-order valence-corrected chi connectivity index (χ1v) is 13.3. The highest BCUT2D eigenvalue weighted by molar-refractivity contribution is 5.21. The summed E-state index contributed by atoms with van der Waals surface area (Å²) in [4.78, 5) is 4.95. The first-order valence-electron chi connectivity index (χ1n) is 13.3. The second kappa shape index (κ2) is 10.4. The van der Waals surface area contributed by atoms with E-state index in [1.54, 1.807) is 6.20 Å². The molecule has 0 bridgehead atoms. The third-order valence-corrected chi connectivity index (χ3v) is 8.36. The van der Waals surface area contributed by atoms with E-state index < -0.39 is 12.1 Å². The normalized spacial score (nSPS) is 27.2. The Morgan fingerprint density at radius 1 is 0.861 bits per heavy atom. The van der Waals surface area contributed by atoms with Crippen LogP contribution >= 0.6 is 0 Å². The summed E-state index contributed by atoms with van der Waals surface area (Å²) in [6, 6.07) is 11.8. The molecule has 4 nitrogen and oxygen atoms in total. The van der Waals surface area contributed by atoms with E-state index in [4.69, 9.17) is 0 Å². The molecule has 36 heavy (non-hydrogen) atoms. The van der Waals surface area contributed by atoms with Crippen LogP contribution in [0.2, 0.25) is 0 Å². The third-order valence-electron chi connectivity index (χ3n) is 8.36. The zero-order valence-electron chi connectivity index (χ0n) is 22.3. The number of hydrogen-bond donors (Lipinski definition) is 0. The minimum Gasteiger partial charge on any atom is -0.291 e. The molecule has 4 rings (SSSR count). The van der Waals surface area contributed by atoms with Crippen molar-refractivity contribution in [3.8, 4) is 0 Å². The number of aromatic nitrogens is 2. The lowest BCUT2D eigenvalue weighted by molar-refractivity contribution is -0.195. The van der Waals surface area contributed by atoms with Crippen LogP contribution < -0.4 is 0 Å². The highest BCUT2D eigenvalue weighted by Gasteiger charge is 2.48. The van der Waals surface area contributed by atoms with Crippen LogP contribution in [0.15, 0.2) is 48.8 Å². The SMILES string of the molecule is CC(C)(C)N1CCCC(CC(C)(C)N2CC[C@H](C(F)(F)F)C[C@H]2c2ccccc2)[C@@H]1c1ccnnc1. The van der Waals surface area contributed by atoms with Gasteiger partial charge in [-0.2, -0.15) is 23.4 Å². The summed E-state index contributed by atoms with van der Waals surface area (Å²) in [5, 5.41) is 8.19. The number of likely N-dealkylation sites (tertiary alicyclic amines) is 2. The molecule has 7 heteroatoms. The maximum atomic E-state index is 13.8. The van der Waals surface area contributed by atoms with Crippen LogP contribution in [0.25, 0.3) is 0 Å². The molecule has 1 unspecified atom stereocenters. The first kappa shape index (κ1) is 27.1. The Bertz CT molecular complexity index is 972. The number of piperidine rings is 2. The van der Waals surface area contributed by atoms with Crippen LogP contribution in [0.3, 0.4) is 0 Å². The van der Waals surface area contributed by atoms with Crippen LogP contribution in [0.4, 0.5) is 13.2 Å². The Labute approximate surface area is 214 Å². The molecule has 0 amide bonds. The maximum Gasteiger partial charge on any atom is 0.391 e. The second-order valence-corrected chi connectivity index (χ2v) is 12.3. The molecule has 0 saturated carbocycles. The average molecular weight is 503 g/mol. The number of nitrogens with zero attached hydrogens (tertiary/aromatic N) is 4. The molecule has 0 radical (unpaired) electrons. The van der Waals surface area contributed by atoms with Gasteiger partial charge in [0.15, 0.2) is 0 Å². The molecule has 0 aliphatic carbocycles. The second-order valence-electron chi connectivity index (χ2n) is 12.3. The molecular formula is C29H41F3N4. The molecule has 4 atom stereocenters. The number of alkyl halides is 3. The molecule has 3 heterocycles. The van der Waals surface area contributed by atoms with Gasteiger partial charge in [-0.1, -0.05) is 30.3 Å². The molecule has 0 spiro atoms. The summed E-state index contributed by atoms with van der Waals surface area (Å²) in [5.41, 5.74) is 1.89. The van der Waals surface area contributed by atoms with E-state index in [1.165, 1.54) is 5.56 Å². The van der Waals surface area contributed by atoms with Crippen molar-refractivity contribution in [3.05, 3.63) is 59.9 Å². The van der Waals surface area contributed by atoms with Gasteiger partial charge in [-0.3, -0.25) is 9.80 Å². The van der Waals surface area contributed by atoms with E-state index in [-0.39, 0.29) is 36.0 Å². The van der Waals surface area contributed by atoms with Gasteiger partial charge in [-0.15, -0.1) is 0 Å². The Hall–Kier alpha value is -1.99. The Morgan fingerprint density at radius 3 is 2.19 bits per heavy atom. The lowest BCUT2D eigenvalue weighted by atomic mass is 9.74. The van der Waals surface area contributed by atoms with Crippen molar-refractivity contribution < 1.29 is 13.2 Å². The molecule has 2 aliphatic rings. The van der Waals surface area contributed by atoms with Gasteiger partial charge in [-0.25, -0.2) is 0 Å². The molecule has 2 saturated heterocycles. The highest BCUT2D eigenvalue weighted by atomic mass is 19.4. The van der Waals surface area contributed by atoms with Crippen molar-refractivity contribution in [3.63, 3.8) is 0 Å². The van der Waals surface area contributed by atoms with E-state index in [9.17, 15) is 13.2 Å². The van der Waals surface area contributed by atoms with Crippen LogP contribution in [0.5, 0.6) is 0 Å². The maximum absolute atomic E-state index is 13.8. The smallest absolute Gasteiger partial charge is 0.291 e. The van der Waals surface area contributed by atoms with Gasteiger partial charge in [0.2, 0.25) is 0 Å². The van der Waals surface area contributed by atoms with Crippen molar-refractivity contribution in [2.24, 2.45) is 11.8 Å². The van der Waals surface area contributed by atoms with Gasteiger partial charge < -0.3 is 0 Å². The summed E-state index contributed by atoms with van der Waals surface area (Å²) in [5.74, 6) is -0.884. The molecule has 2 fully saturated rings. The minimum absolute atomic E-state index is 0.00558. The zero-order valence-corrected chi connectivity index (χ0v) is 22.3. The third kappa shape index (κ3) is 5.94. The molecule has 1 aromatic carbocycles. The summed E-state index contributed by atoms with van der Waals surface area (Å²) >= 11 is 0. The number of rotatable bonds is 5. The van der Waals surface area contributed by atoms with E-state index >= 15 is 0 Å². The molecule has 198 valence electrons. The van der Waals surface area contributed by atoms with Gasteiger partial charge in [0, 0.05) is 29.4 Å². The molecule has 2 aromatic rings. The molecule has 1 aromatic heterocycles. The fourth-order valence-electron chi connectivity index (χ4n) is 6.71. The van der Waals surface area contributed by atoms with Crippen LogP contribution in [-0.2, 0) is 0 Å². The summed E-state index contributed by atoms with van der Waals surface area (Å²) in [6.45, 7) is 12.7. The summed E-state index contributed by atoms with van der Waals surface area (Å²) < 4.78 is 41.4. The van der Waals surface area contributed by atoms with Gasteiger partial charge >= 0.3 is 6.18 Å². The molecule has 0 N–H and O–H groups in total. The highest BCUT2D eigenvalue weighted by Crippen LogP contribution is 2.49. The predicted octanol–water partition coefficient (Wildman–Crippen LogP) is 7.21. The lowest BCUT2D eigenvalue weighted by Crippen LogP contribution is -2.55. The summed E-state index contributed by atoms with van der Waals surface area (Å²) in [6.07, 6.45) is 2.89. The monoisotopic (exact) mass is 502 g/mol. The fourth-order valence-corrected chi connectivity index (χ4v) is 6.71. The summed E-state index contributed by atoms with van der Waals surface area (Å²) in [7, 11) is 0. The fraction of sp³-hybridized carbons (Fsp3) is 0.655. The van der Waals surface area contributed by atoms with Crippen molar-refractivity contribution in [2.45, 2.75) is 96.1 Å². The van der Waals surface area contributed by atoms with Gasteiger partial charge in [0.25, 0.3) is 0 Å². The Morgan fingerprint density at radius 2 is 1.58 bits per heavy atom. The lowest BCUT2D eigenvalue weighted by Gasteiger charge is -2.53. The average Bonchev–Trinajstić information content (AvgIpc) is 2.83. The first-order chi connectivity index (χ1) is 16.9. The van der Waals surface area contributed by atoms with Gasteiger partial charge in [-0.05, 0) is 103 Å². The van der Waals surface area contributed by atoms with Gasteiger partial charge in [0.1, 0.15) is 0 Å².